The van der Waals surface area contributed by atoms with Crippen LogP contribution in [0.4, 0.5) is 11.4 Å². The number of esters is 1. The van der Waals surface area contributed by atoms with Crippen molar-refractivity contribution in [3.05, 3.63) is 101 Å². The highest BCUT2D eigenvalue weighted by molar-refractivity contribution is 6.03. The number of benzene rings is 3. The van der Waals surface area contributed by atoms with Gasteiger partial charge in [0.2, 0.25) is 0 Å². The van der Waals surface area contributed by atoms with Gasteiger partial charge in [-0.25, -0.2) is 4.98 Å². The Hall–Kier alpha value is -4.26. The average molecular weight is 453 g/mol. The van der Waals surface area contributed by atoms with E-state index in [1.54, 1.807) is 23.1 Å². The largest absolute Gasteiger partial charge is 0.455 e. The number of nitrogens with zero attached hydrogens (tertiary/aromatic N) is 3. The van der Waals surface area contributed by atoms with Crippen molar-refractivity contribution >= 4 is 34.2 Å². The van der Waals surface area contributed by atoms with Gasteiger partial charge in [-0.2, -0.15) is 0 Å². The van der Waals surface area contributed by atoms with Crippen LogP contribution in [0.3, 0.4) is 0 Å². The normalized spacial score (nSPS) is 12.5. The van der Waals surface area contributed by atoms with Gasteiger partial charge >= 0.3 is 5.97 Å². The first kappa shape index (κ1) is 21.6. The molecular formula is C27H23N3O4. The topological polar surface area (TPSA) is 81.5 Å². The molecule has 0 atom stereocenters. The Balaban J connectivity index is 1.28. The minimum atomic E-state index is -0.551. The van der Waals surface area contributed by atoms with E-state index in [9.17, 15) is 14.4 Å². The van der Waals surface area contributed by atoms with Gasteiger partial charge in [0.25, 0.3) is 11.5 Å². The van der Waals surface area contributed by atoms with Crippen LogP contribution in [0.15, 0.2) is 83.9 Å². The van der Waals surface area contributed by atoms with E-state index in [4.69, 9.17) is 4.74 Å². The molecule has 0 N–H and O–H groups in total. The third-order valence-electron chi connectivity index (χ3n) is 6.02. The molecule has 1 aromatic heterocycles. The number of fused-ring (bicyclic) bond motifs is 3. The Labute approximate surface area is 196 Å². The molecule has 5 rings (SSSR count). The van der Waals surface area contributed by atoms with Crippen molar-refractivity contribution in [3.8, 4) is 0 Å². The van der Waals surface area contributed by atoms with Crippen LogP contribution in [0, 0.1) is 0 Å². The highest BCUT2D eigenvalue weighted by atomic mass is 16.5. The highest BCUT2D eigenvalue weighted by Gasteiger charge is 2.26. The van der Waals surface area contributed by atoms with Gasteiger partial charge in [0.15, 0.2) is 6.61 Å². The smallest absolute Gasteiger partial charge is 0.308 e. The molecule has 0 fully saturated rings. The van der Waals surface area contributed by atoms with Crippen molar-refractivity contribution in [2.24, 2.45) is 0 Å². The lowest BCUT2D eigenvalue weighted by Crippen LogP contribution is -2.31. The number of para-hydroxylation sites is 3. The third-order valence-corrected chi connectivity index (χ3v) is 6.02. The van der Waals surface area contributed by atoms with Crippen LogP contribution in [-0.2, 0) is 33.7 Å². The summed E-state index contributed by atoms with van der Waals surface area (Å²) in [6.07, 6.45) is 3.03. The first-order valence-electron chi connectivity index (χ1n) is 11.2. The van der Waals surface area contributed by atoms with Gasteiger partial charge in [0, 0.05) is 6.54 Å². The molecule has 7 heteroatoms. The lowest BCUT2D eigenvalue weighted by atomic mass is 10.0. The maximum atomic E-state index is 13.2. The van der Waals surface area contributed by atoms with Gasteiger partial charge in [-0.05, 0) is 48.2 Å². The average Bonchev–Trinajstić information content (AvgIpc) is 3.04. The van der Waals surface area contributed by atoms with E-state index < -0.39 is 5.97 Å². The summed E-state index contributed by atoms with van der Waals surface area (Å²) in [7, 11) is 0. The van der Waals surface area contributed by atoms with E-state index in [0.717, 1.165) is 35.3 Å². The number of aryl methyl sites for hydroxylation is 3. The molecule has 3 aromatic carbocycles. The van der Waals surface area contributed by atoms with Crippen molar-refractivity contribution in [1.82, 2.24) is 9.55 Å². The second-order valence-corrected chi connectivity index (χ2v) is 8.16. The summed E-state index contributed by atoms with van der Waals surface area (Å²) < 4.78 is 6.69. The van der Waals surface area contributed by atoms with Crippen LogP contribution in [-0.4, -0.2) is 28.0 Å². The number of carbonyl (C=O) groups excluding carboxylic acids is 2. The summed E-state index contributed by atoms with van der Waals surface area (Å²) in [4.78, 5) is 44.1. The van der Waals surface area contributed by atoms with E-state index >= 15 is 0 Å². The van der Waals surface area contributed by atoms with Crippen LogP contribution >= 0.6 is 0 Å². The van der Waals surface area contributed by atoms with Crippen molar-refractivity contribution in [2.45, 2.75) is 25.8 Å². The van der Waals surface area contributed by atoms with Gasteiger partial charge in [0.1, 0.15) is 0 Å². The maximum absolute atomic E-state index is 13.2. The second kappa shape index (κ2) is 9.31. The van der Waals surface area contributed by atoms with Crippen molar-refractivity contribution in [3.63, 3.8) is 0 Å². The van der Waals surface area contributed by atoms with Crippen LogP contribution in [0.1, 0.15) is 17.5 Å². The summed E-state index contributed by atoms with van der Waals surface area (Å²) in [6.45, 7) is -0.258. The number of amides is 1. The number of rotatable bonds is 5. The van der Waals surface area contributed by atoms with E-state index in [2.05, 4.69) is 4.98 Å². The highest BCUT2D eigenvalue weighted by Crippen LogP contribution is 2.35. The Kier molecular flexibility index (Phi) is 5.91. The van der Waals surface area contributed by atoms with E-state index in [1.807, 2.05) is 54.6 Å². The van der Waals surface area contributed by atoms with E-state index in [1.165, 1.54) is 10.9 Å². The number of aromatic nitrogens is 2. The lowest BCUT2D eigenvalue weighted by Gasteiger charge is -2.24. The van der Waals surface area contributed by atoms with Crippen LogP contribution in [0.5, 0.6) is 0 Å². The SMILES string of the molecule is O=C(CCn1cnc2ccccc2c1=O)OCC(=O)N1c2ccccc2CCc2ccccc21. The van der Waals surface area contributed by atoms with Crippen LogP contribution in [0.25, 0.3) is 10.9 Å². The number of hydrogen-bond acceptors (Lipinski definition) is 5. The molecule has 0 unspecified atom stereocenters. The van der Waals surface area contributed by atoms with Crippen molar-refractivity contribution in [1.29, 1.82) is 0 Å². The molecule has 2 heterocycles. The number of anilines is 2. The minimum absolute atomic E-state index is 0.0413. The van der Waals surface area contributed by atoms with Crippen molar-refractivity contribution < 1.29 is 14.3 Å². The summed E-state index contributed by atoms with van der Waals surface area (Å²) in [5.41, 5.74) is 4.15. The van der Waals surface area contributed by atoms with E-state index in [0.29, 0.717) is 10.9 Å². The Morgan fingerprint density at radius 2 is 1.47 bits per heavy atom. The van der Waals surface area contributed by atoms with Gasteiger partial charge in [-0.3, -0.25) is 23.9 Å². The first-order valence-corrected chi connectivity index (χ1v) is 11.2. The molecule has 0 aliphatic carbocycles. The fourth-order valence-electron chi connectivity index (χ4n) is 4.30. The van der Waals surface area contributed by atoms with Crippen LogP contribution < -0.4 is 10.5 Å². The maximum Gasteiger partial charge on any atom is 0.308 e. The number of ether oxygens (including phenoxy) is 1. The van der Waals surface area contributed by atoms with Gasteiger partial charge in [0.05, 0.1) is 35.0 Å². The molecule has 170 valence electrons. The monoisotopic (exact) mass is 453 g/mol. The molecule has 0 bridgehead atoms. The zero-order chi connectivity index (χ0) is 23.5. The van der Waals surface area contributed by atoms with E-state index in [-0.39, 0.29) is 31.0 Å². The fourth-order valence-corrected chi connectivity index (χ4v) is 4.30. The predicted octanol–water partition coefficient (Wildman–Crippen LogP) is 3.79. The molecule has 0 radical (unpaired) electrons. The second-order valence-electron chi connectivity index (χ2n) is 8.16. The molecule has 7 nitrogen and oxygen atoms in total. The third kappa shape index (κ3) is 4.20. The number of hydrogen-bond donors (Lipinski definition) is 0. The van der Waals surface area contributed by atoms with Crippen LogP contribution in [0.2, 0.25) is 0 Å². The molecule has 0 spiro atoms. The Morgan fingerprint density at radius 3 is 2.18 bits per heavy atom. The molecule has 0 saturated heterocycles. The first-order chi connectivity index (χ1) is 16.6. The standard InChI is InChI=1S/C27H23N3O4/c31-25(30-23-11-5-1-7-19(23)13-14-20-8-2-6-12-24(20)30)17-34-26(32)15-16-29-18-28-22-10-4-3-9-21(22)27(29)33/h1-12,18H,13-17H2. The summed E-state index contributed by atoms with van der Waals surface area (Å²) >= 11 is 0. The number of carbonyl (C=O) groups is 2. The summed E-state index contributed by atoms with van der Waals surface area (Å²) in [5.74, 6) is -0.871. The Morgan fingerprint density at radius 1 is 0.853 bits per heavy atom. The zero-order valence-corrected chi connectivity index (χ0v) is 18.5. The molecule has 1 amide bonds. The molecular weight excluding hydrogens is 430 g/mol. The lowest BCUT2D eigenvalue weighted by molar-refractivity contribution is -0.147. The van der Waals surface area contributed by atoms with Crippen molar-refractivity contribution in [2.75, 3.05) is 11.5 Å². The molecule has 1 aliphatic rings. The summed E-state index contributed by atoms with van der Waals surface area (Å²) in [5, 5.41) is 0.493. The predicted molar refractivity (Wildman–Crippen MR) is 129 cm³/mol. The molecule has 1 aliphatic heterocycles. The molecule has 34 heavy (non-hydrogen) atoms. The summed E-state index contributed by atoms with van der Waals surface area (Å²) in [6, 6.07) is 22.6. The quantitative estimate of drug-likeness (QED) is 0.430. The van der Waals surface area contributed by atoms with Gasteiger partial charge in [-0.1, -0.05) is 48.5 Å². The zero-order valence-electron chi connectivity index (χ0n) is 18.5. The van der Waals surface area contributed by atoms with Gasteiger partial charge in [-0.15, -0.1) is 0 Å². The van der Waals surface area contributed by atoms with Gasteiger partial charge < -0.3 is 4.74 Å². The molecule has 0 saturated carbocycles. The molecule has 4 aromatic rings. The fraction of sp³-hybridized carbons (Fsp3) is 0.185. The minimum Gasteiger partial charge on any atom is -0.455 e. The Bertz CT molecular complexity index is 1400.